The third-order valence-electron chi connectivity index (χ3n) is 10.2. The van der Waals surface area contributed by atoms with Crippen molar-refractivity contribution >= 4 is 23.7 Å². The Balaban J connectivity index is 1.42. The lowest BCUT2D eigenvalue weighted by Crippen LogP contribution is -2.57. The number of alkyl halides is 6. The van der Waals surface area contributed by atoms with Crippen molar-refractivity contribution in [1.82, 2.24) is 14.9 Å². The van der Waals surface area contributed by atoms with E-state index < -0.39 is 35.6 Å². The number of piperidine rings is 1. The molecule has 2 saturated heterocycles. The highest BCUT2D eigenvalue weighted by Gasteiger charge is 2.42. The molecule has 51 heavy (non-hydrogen) atoms. The number of esters is 1. The number of aromatic nitrogens is 2. The van der Waals surface area contributed by atoms with Gasteiger partial charge in [0.25, 0.3) is 0 Å². The Bertz CT molecular complexity index is 1430. The summed E-state index contributed by atoms with van der Waals surface area (Å²) in [5.41, 5.74) is -2.26. The second kappa shape index (κ2) is 16.2. The molecule has 2 unspecified atom stereocenters. The summed E-state index contributed by atoms with van der Waals surface area (Å²) < 4.78 is 99.2. The minimum Gasteiger partial charge on any atom is -0.469 e. The maximum atomic E-state index is 13.8. The predicted molar refractivity (Wildman–Crippen MR) is 175 cm³/mol. The molecular weight excluding hydrogens is 684 g/mol. The molecule has 3 atom stereocenters. The largest absolute Gasteiger partial charge is 0.469 e. The highest BCUT2D eigenvalue weighted by atomic mass is 19.4. The van der Waals surface area contributed by atoms with Gasteiger partial charge in [0.1, 0.15) is 6.10 Å². The Hall–Kier alpha value is -3.82. The number of nitrogens with zero attached hydrogens (tertiary/aromatic N) is 5. The van der Waals surface area contributed by atoms with Crippen LogP contribution in [0.3, 0.4) is 0 Å². The molecule has 1 aromatic heterocycles. The molecule has 16 heteroatoms. The number of rotatable bonds is 9. The minimum atomic E-state index is -5.00. The van der Waals surface area contributed by atoms with Gasteiger partial charge in [0.2, 0.25) is 5.95 Å². The topological polar surface area (TPSA) is 97.3 Å². The summed E-state index contributed by atoms with van der Waals surface area (Å²) in [6, 6.07) is 0.483. The molecule has 5 rings (SSSR count). The Kier molecular flexibility index (Phi) is 12.2. The van der Waals surface area contributed by atoms with Crippen molar-refractivity contribution in [3.8, 4) is 0 Å². The Morgan fingerprint density at radius 3 is 1.92 bits per heavy atom. The monoisotopic (exact) mass is 729 g/mol. The average molecular weight is 730 g/mol. The number of methoxy groups -OCH3 is 1. The minimum absolute atomic E-state index is 0.119. The van der Waals surface area contributed by atoms with Gasteiger partial charge in [-0.15, -0.1) is 0 Å². The van der Waals surface area contributed by atoms with Gasteiger partial charge in [0.15, 0.2) is 0 Å². The van der Waals surface area contributed by atoms with E-state index in [1.807, 2.05) is 18.7 Å². The van der Waals surface area contributed by atoms with Crippen molar-refractivity contribution in [1.29, 1.82) is 0 Å². The SMILES string of the molecule is CCC1CC(N(Cc2cc(C(F)(F)F)cc(C(F)(F)F)c2)c2ncc(N3CCOCC3)cn2)C[C@H](CC)N1C(=O)OC1CCC(C(=O)OC)CC1. The van der Waals surface area contributed by atoms with Crippen LogP contribution in [-0.4, -0.2) is 84.6 Å². The van der Waals surface area contributed by atoms with Gasteiger partial charge >= 0.3 is 24.4 Å². The van der Waals surface area contributed by atoms with E-state index in [1.54, 1.807) is 22.2 Å². The normalized spacial score (nSPS) is 24.6. The smallest absolute Gasteiger partial charge is 0.416 e. The second-order valence-electron chi connectivity index (χ2n) is 13.4. The zero-order chi connectivity index (χ0) is 36.9. The summed E-state index contributed by atoms with van der Waals surface area (Å²) in [6.07, 6.45) is -3.70. The molecule has 3 aliphatic rings. The number of ether oxygens (including phenoxy) is 3. The number of amides is 1. The van der Waals surface area contributed by atoms with Gasteiger partial charge in [-0.25, -0.2) is 14.8 Å². The van der Waals surface area contributed by atoms with Gasteiger partial charge in [-0.05, 0) is 75.1 Å². The molecule has 0 N–H and O–H groups in total. The fraction of sp³-hybridized carbons (Fsp3) is 0.657. The van der Waals surface area contributed by atoms with E-state index in [4.69, 9.17) is 14.2 Å². The lowest BCUT2D eigenvalue weighted by Gasteiger charge is -2.47. The molecule has 1 aromatic carbocycles. The van der Waals surface area contributed by atoms with Crippen LogP contribution in [0.15, 0.2) is 30.6 Å². The summed E-state index contributed by atoms with van der Waals surface area (Å²) >= 11 is 0. The van der Waals surface area contributed by atoms with E-state index in [2.05, 4.69) is 9.97 Å². The van der Waals surface area contributed by atoms with Crippen LogP contribution >= 0.6 is 0 Å². The fourth-order valence-corrected chi connectivity index (χ4v) is 7.43. The van der Waals surface area contributed by atoms with Crippen molar-refractivity contribution in [3.05, 3.63) is 47.3 Å². The number of halogens is 6. The number of anilines is 2. The van der Waals surface area contributed by atoms with Crippen LogP contribution in [-0.2, 0) is 37.9 Å². The van der Waals surface area contributed by atoms with Gasteiger partial charge < -0.3 is 28.9 Å². The van der Waals surface area contributed by atoms with E-state index in [1.165, 1.54) is 7.11 Å². The zero-order valence-corrected chi connectivity index (χ0v) is 29.0. The highest BCUT2D eigenvalue weighted by molar-refractivity contribution is 5.72. The summed E-state index contributed by atoms with van der Waals surface area (Å²) in [5.74, 6) is -0.346. The lowest BCUT2D eigenvalue weighted by molar-refractivity contribution is -0.147. The molecule has 1 saturated carbocycles. The summed E-state index contributed by atoms with van der Waals surface area (Å²) in [5, 5.41) is 0. The first-order valence-electron chi connectivity index (χ1n) is 17.5. The number of morpholine rings is 1. The molecule has 1 aliphatic carbocycles. The summed E-state index contributed by atoms with van der Waals surface area (Å²) in [4.78, 5) is 40.3. The van der Waals surface area contributed by atoms with Gasteiger partial charge in [-0.3, -0.25) is 4.79 Å². The third-order valence-corrected chi connectivity index (χ3v) is 10.2. The first kappa shape index (κ1) is 38.4. The van der Waals surface area contributed by atoms with Crippen LogP contribution in [0, 0.1) is 5.92 Å². The van der Waals surface area contributed by atoms with Crippen LogP contribution in [0.4, 0.5) is 42.8 Å². The molecule has 1 amide bonds. The highest BCUT2D eigenvalue weighted by Crippen LogP contribution is 2.39. The molecule has 0 spiro atoms. The predicted octanol–water partition coefficient (Wildman–Crippen LogP) is 7.25. The molecular formula is C35H45F6N5O5. The number of carbonyl (C=O) groups excluding carboxylic acids is 2. The van der Waals surface area contributed by atoms with E-state index in [0.717, 1.165) is 17.8 Å². The molecule has 3 fully saturated rings. The Labute approximate surface area is 293 Å². The van der Waals surface area contributed by atoms with E-state index in [0.29, 0.717) is 77.7 Å². The maximum Gasteiger partial charge on any atom is 0.416 e. The van der Waals surface area contributed by atoms with Crippen molar-refractivity contribution in [2.24, 2.45) is 5.92 Å². The standard InChI is InChI=1S/C35H45F6N5O5/c1-4-26-17-28(18-27(5-2)46(26)33(48)51-30-8-6-23(7-9-30)31(47)49-3)45(32-42-19-29(20-43-32)44-10-12-50-13-11-44)21-22-14-24(34(36,37)38)16-25(15-22)35(39,40)41/h14-16,19-20,23,26-28,30H,4-13,17-18,21H2,1-3H3/t23?,26-,27?,28?,30?/m0/s1. The lowest BCUT2D eigenvalue weighted by atomic mass is 9.87. The first-order chi connectivity index (χ1) is 24.2. The van der Waals surface area contributed by atoms with Crippen LogP contribution in [0.5, 0.6) is 0 Å². The number of benzene rings is 1. The first-order valence-corrected chi connectivity index (χ1v) is 17.5. The molecule has 0 radical (unpaired) electrons. The summed E-state index contributed by atoms with van der Waals surface area (Å²) in [6.45, 7) is 5.80. The molecule has 10 nitrogen and oxygen atoms in total. The van der Waals surface area contributed by atoms with Crippen LogP contribution in [0.25, 0.3) is 0 Å². The average Bonchev–Trinajstić information content (AvgIpc) is 3.12. The number of hydrogen-bond acceptors (Lipinski definition) is 9. The van der Waals surface area contributed by atoms with Crippen molar-refractivity contribution in [2.75, 3.05) is 43.2 Å². The van der Waals surface area contributed by atoms with Crippen LogP contribution < -0.4 is 9.80 Å². The maximum absolute atomic E-state index is 13.8. The molecule has 2 aliphatic heterocycles. The van der Waals surface area contributed by atoms with Gasteiger partial charge in [0, 0.05) is 37.8 Å². The molecule has 282 valence electrons. The molecule has 0 bridgehead atoms. The van der Waals surface area contributed by atoms with E-state index in [-0.39, 0.29) is 54.2 Å². The van der Waals surface area contributed by atoms with Crippen molar-refractivity contribution in [2.45, 2.75) is 108 Å². The van der Waals surface area contributed by atoms with Gasteiger partial charge in [0.05, 0.1) is 55.4 Å². The Morgan fingerprint density at radius 2 is 1.43 bits per heavy atom. The van der Waals surface area contributed by atoms with E-state index >= 15 is 0 Å². The fourth-order valence-electron chi connectivity index (χ4n) is 7.43. The Morgan fingerprint density at radius 1 is 0.882 bits per heavy atom. The number of carbonyl (C=O) groups is 2. The van der Waals surface area contributed by atoms with E-state index in [9.17, 15) is 35.9 Å². The van der Waals surface area contributed by atoms with Gasteiger partial charge in [-0.1, -0.05) is 13.8 Å². The van der Waals surface area contributed by atoms with Crippen molar-refractivity contribution in [3.63, 3.8) is 0 Å². The number of likely N-dealkylation sites (tertiary alicyclic amines) is 1. The van der Waals surface area contributed by atoms with Crippen LogP contribution in [0.1, 0.15) is 81.9 Å². The third kappa shape index (κ3) is 9.35. The number of hydrogen-bond donors (Lipinski definition) is 0. The summed E-state index contributed by atoms with van der Waals surface area (Å²) in [7, 11) is 1.35. The van der Waals surface area contributed by atoms with Crippen LogP contribution in [0.2, 0.25) is 0 Å². The molecule has 2 aromatic rings. The zero-order valence-electron chi connectivity index (χ0n) is 29.0. The second-order valence-corrected chi connectivity index (χ2v) is 13.4. The van der Waals surface area contributed by atoms with Gasteiger partial charge in [-0.2, -0.15) is 26.3 Å². The van der Waals surface area contributed by atoms with Crippen molar-refractivity contribution < 1.29 is 50.1 Å². The quantitative estimate of drug-likeness (QED) is 0.195. The molecule has 3 heterocycles.